The van der Waals surface area contributed by atoms with Crippen molar-refractivity contribution in [2.75, 3.05) is 19.0 Å². The van der Waals surface area contributed by atoms with Gasteiger partial charge in [-0.1, -0.05) is 6.07 Å². The van der Waals surface area contributed by atoms with Crippen molar-refractivity contribution < 1.29 is 14.3 Å². The summed E-state index contributed by atoms with van der Waals surface area (Å²) in [5.41, 5.74) is 14.3. The van der Waals surface area contributed by atoms with Gasteiger partial charge in [-0.2, -0.15) is 0 Å². The summed E-state index contributed by atoms with van der Waals surface area (Å²) in [5, 5.41) is 3.62. The molecule has 5 aromatic rings. The van der Waals surface area contributed by atoms with Crippen molar-refractivity contribution in [2.45, 2.75) is 56.0 Å². The predicted molar refractivity (Wildman–Crippen MR) is 195 cm³/mol. The Bertz CT molecular complexity index is 2180. The average molecular weight is 637 g/mol. The van der Waals surface area contributed by atoms with Gasteiger partial charge in [-0.25, -0.2) is 9.97 Å². The molecule has 0 radical (unpaired) electrons. The number of likely N-dealkylation sites (tertiary alicyclic amines) is 1. The molecule has 2 aromatic carbocycles. The molecule has 2 bridgehead atoms. The van der Waals surface area contributed by atoms with E-state index in [1.54, 1.807) is 7.11 Å². The zero-order valence-corrected chi connectivity index (χ0v) is 27.9. The van der Waals surface area contributed by atoms with Crippen LogP contribution in [-0.2, 0) is 23.0 Å². The topological polar surface area (TPSA) is 120 Å². The Kier molecular flexibility index (Phi) is 6.48. The third-order valence-electron chi connectivity index (χ3n) is 10.9. The molecule has 9 rings (SSSR count). The fraction of sp³-hybridized carbons (Fsp3) is 0.371. The number of hydrogen-bond acceptors (Lipinski definition) is 6. The number of anilines is 1. The largest absolute Gasteiger partial charge is 0.494 e. The second kappa shape index (κ2) is 10.5. The fourth-order valence-corrected chi connectivity index (χ4v) is 8.33. The minimum atomic E-state index is -0.348. The summed E-state index contributed by atoms with van der Waals surface area (Å²) in [6, 6.07) is 16.4. The van der Waals surface area contributed by atoms with Crippen molar-refractivity contribution in [3.05, 3.63) is 59.7 Å². The average Bonchev–Trinajstić information content (AvgIpc) is 3.33. The number of nitrogens with one attached hydrogen (secondary N) is 1. The highest BCUT2D eigenvalue weighted by molar-refractivity contribution is 6.57. The van der Waals surface area contributed by atoms with Gasteiger partial charge in [-0.05, 0) is 90.8 Å². The Hall–Kier alpha value is -4.51. The van der Waals surface area contributed by atoms with E-state index in [4.69, 9.17) is 20.4 Å². The van der Waals surface area contributed by atoms with Crippen molar-refractivity contribution in [1.29, 1.82) is 0 Å². The van der Waals surface area contributed by atoms with E-state index >= 15 is 0 Å². The molecule has 2 unspecified atom stereocenters. The highest BCUT2D eigenvalue weighted by atomic mass is 16.5. The first-order valence-electron chi connectivity index (χ1n) is 17.2. The van der Waals surface area contributed by atoms with Crippen molar-refractivity contribution in [3.8, 4) is 28.5 Å². The van der Waals surface area contributed by atoms with Crippen LogP contribution in [0.25, 0.3) is 44.8 Å². The smallest absolute Gasteiger partial charge is 0.254 e. The SMILES string of the molecule is BC(B)(B)n1c(-c2cc3ccc(-c4ccc5c(c4)CC(=O)N5)nc3n2CC2CC2)nc2cc(C(=O)N3CC4CCC3[C@@H]4N)cc(OC)c21. The van der Waals surface area contributed by atoms with Gasteiger partial charge >= 0.3 is 0 Å². The molecule has 3 N–H and O–H groups in total. The Morgan fingerprint density at radius 2 is 1.90 bits per heavy atom. The fourth-order valence-electron chi connectivity index (χ4n) is 8.33. The van der Waals surface area contributed by atoms with E-state index in [-0.39, 0.29) is 29.1 Å². The third-order valence-corrected chi connectivity index (χ3v) is 10.9. The van der Waals surface area contributed by atoms with Crippen LogP contribution in [0.4, 0.5) is 5.69 Å². The molecule has 1 saturated heterocycles. The molecular weight excluding hydrogens is 599 g/mol. The van der Waals surface area contributed by atoms with Crippen LogP contribution in [0.3, 0.4) is 0 Å². The van der Waals surface area contributed by atoms with Crippen molar-refractivity contribution >= 4 is 63.1 Å². The van der Waals surface area contributed by atoms with Crippen LogP contribution in [0.15, 0.2) is 48.5 Å². The van der Waals surface area contributed by atoms with Crippen LogP contribution < -0.4 is 15.8 Å². The first-order valence-corrected chi connectivity index (χ1v) is 17.2. The molecule has 2 aliphatic carbocycles. The van der Waals surface area contributed by atoms with Gasteiger partial charge < -0.3 is 29.8 Å². The molecule has 2 saturated carbocycles. The number of rotatable bonds is 7. The van der Waals surface area contributed by atoms with E-state index in [0.29, 0.717) is 36.1 Å². The van der Waals surface area contributed by atoms with Crippen LogP contribution in [0.1, 0.15) is 41.6 Å². The Labute approximate surface area is 281 Å². The number of methoxy groups -OCH3 is 1. The van der Waals surface area contributed by atoms with E-state index in [9.17, 15) is 9.59 Å². The Morgan fingerprint density at radius 3 is 2.60 bits per heavy atom. The normalized spacial score (nSPS) is 21.8. The molecule has 3 fully saturated rings. The molecule has 2 aliphatic heterocycles. The summed E-state index contributed by atoms with van der Waals surface area (Å²) in [6.45, 7) is 1.56. The maximum Gasteiger partial charge on any atom is 0.254 e. The first kappa shape index (κ1) is 29.6. The number of hydrogen-bond donors (Lipinski definition) is 2. The lowest BCUT2D eigenvalue weighted by molar-refractivity contribution is -0.115. The van der Waals surface area contributed by atoms with Crippen molar-refractivity contribution in [2.24, 2.45) is 17.6 Å². The first-order chi connectivity index (χ1) is 23.1. The van der Waals surface area contributed by atoms with Gasteiger partial charge in [0.05, 0.1) is 30.4 Å². The molecule has 13 heteroatoms. The maximum absolute atomic E-state index is 13.9. The number of nitrogens with two attached hydrogens (primary N) is 1. The molecule has 2 amide bonds. The standard InChI is InChI=1S/C35H38B3N7O3/c1-48-28-13-22(34(47)44-16-20-6-9-26(44)30(20)39)11-25-31(28)45(35(36,37)38)33(42-25)27-12-19-5-8-23(41-32(19)43(27)15-17-2-3-17)18-4-7-24-21(10-18)14-29(46)40-24/h4-5,7-8,10-13,17,20,26,30H,2-3,6,9,14-16,36-39H2,1H3,(H,40,46)/t20?,26?,30-/m1/s1. The molecule has 0 spiro atoms. The molecule has 4 aliphatic rings. The minimum Gasteiger partial charge on any atom is -0.494 e. The number of nitrogens with zero attached hydrogens (tertiary/aromatic N) is 5. The number of pyridine rings is 1. The Balaban J connectivity index is 1.19. The molecule has 48 heavy (non-hydrogen) atoms. The molecule has 5 heterocycles. The lowest BCUT2D eigenvalue weighted by Crippen LogP contribution is -2.41. The van der Waals surface area contributed by atoms with Crippen molar-refractivity contribution in [1.82, 2.24) is 24.0 Å². The number of fused-ring (bicyclic) bond motifs is 5. The van der Waals surface area contributed by atoms with Crippen LogP contribution in [0.5, 0.6) is 5.75 Å². The van der Waals surface area contributed by atoms with E-state index in [0.717, 1.165) is 75.5 Å². The summed E-state index contributed by atoms with van der Waals surface area (Å²) >= 11 is 0. The maximum atomic E-state index is 13.9. The number of amides is 2. The van der Waals surface area contributed by atoms with Gasteiger partial charge in [0, 0.05) is 47.4 Å². The van der Waals surface area contributed by atoms with Crippen LogP contribution in [0, 0.1) is 11.8 Å². The Morgan fingerprint density at radius 1 is 1.06 bits per heavy atom. The number of imidazole rings is 1. The highest BCUT2D eigenvalue weighted by Crippen LogP contribution is 2.41. The lowest BCUT2D eigenvalue weighted by Gasteiger charge is -2.28. The third kappa shape index (κ3) is 4.61. The highest BCUT2D eigenvalue weighted by Gasteiger charge is 2.47. The number of benzene rings is 2. The van der Waals surface area contributed by atoms with Gasteiger partial charge in [0.1, 0.15) is 40.5 Å². The van der Waals surface area contributed by atoms with Crippen LogP contribution in [-0.4, -0.2) is 85.1 Å². The number of ether oxygens (including phenoxy) is 1. The van der Waals surface area contributed by atoms with Gasteiger partial charge in [0.2, 0.25) is 5.91 Å². The molecule has 3 aromatic heterocycles. The minimum absolute atomic E-state index is 0.00372. The van der Waals surface area contributed by atoms with Gasteiger partial charge in [-0.3, -0.25) is 9.59 Å². The zero-order valence-electron chi connectivity index (χ0n) is 27.9. The summed E-state index contributed by atoms with van der Waals surface area (Å²) in [6.07, 6.45) is 4.84. The van der Waals surface area contributed by atoms with Gasteiger partial charge in [0.15, 0.2) is 5.82 Å². The van der Waals surface area contributed by atoms with Crippen LogP contribution >= 0.6 is 0 Å². The molecule has 10 nitrogen and oxygen atoms in total. The molecule has 3 atom stereocenters. The van der Waals surface area contributed by atoms with E-state index in [2.05, 4.69) is 62.3 Å². The monoisotopic (exact) mass is 637 g/mol. The van der Waals surface area contributed by atoms with Gasteiger partial charge in [0.25, 0.3) is 5.91 Å². The zero-order chi connectivity index (χ0) is 33.1. The quantitative estimate of drug-likeness (QED) is 0.262. The summed E-state index contributed by atoms with van der Waals surface area (Å²) in [5.74, 6) is 2.45. The predicted octanol–water partition coefficient (Wildman–Crippen LogP) is 1.66. The summed E-state index contributed by atoms with van der Waals surface area (Å²) in [4.78, 5) is 38.4. The molecular formula is C35H38B3N7O3. The van der Waals surface area contributed by atoms with Crippen molar-refractivity contribution in [3.63, 3.8) is 0 Å². The number of aromatic nitrogens is 4. The number of piperidine rings is 1. The molecule has 240 valence electrons. The van der Waals surface area contributed by atoms with Crippen LogP contribution in [0.2, 0.25) is 0 Å². The summed E-state index contributed by atoms with van der Waals surface area (Å²) < 4.78 is 10.6. The van der Waals surface area contributed by atoms with Gasteiger partial charge in [-0.15, -0.1) is 0 Å². The lowest BCUT2D eigenvalue weighted by atomic mass is 9.49. The number of carbonyl (C=O) groups excluding carboxylic acids is 2. The number of carbonyl (C=O) groups is 2. The van der Waals surface area contributed by atoms with E-state index in [1.807, 2.05) is 29.2 Å². The van der Waals surface area contributed by atoms with E-state index < -0.39 is 0 Å². The van der Waals surface area contributed by atoms with E-state index in [1.165, 1.54) is 12.8 Å². The second-order valence-electron chi connectivity index (χ2n) is 15.2. The summed E-state index contributed by atoms with van der Waals surface area (Å²) in [7, 11) is 8.19. The second-order valence-corrected chi connectivity index (χ2v) is 15.2.